The molecule has 0 radical (unpaired) electrons. The second-order valence-corrected chi connectivity index (χ2v) is 9.36. The molecule has 0 spiro atoms. The molecule has 0 fully saturated rings. The van der Waals surface area contributed by atoms with Gasteiger partial charge in [-0.3, -0.25) is 4.79 Å². The number of H-pyrrole nitrogens is 1. The van der Waals surface area contributed by atoms with Crippen LogP contribution in [-0.2, 0) is 20.0 Å². The van der Waals surface area contributed by atoms with Crippen molar-refractivity contribution < 1.29 is 34.9 Å². The van der Waals surface area contributed by atoms with Crippen molar-refractivity contribution in [1.29, 1.82) is 0 Å². The number of ether oxygens (including phenoxy) is 1. The number of halogens is 1. The summed E-state index contributed by atoms with van der Waals surface area (Å²) in [5.74, 6) is -2.20. The number of aromatic nitrogens is 2. The zero-order valence-electron chi connectivity index (χ0n) is 14.5. The summed E-state index contributed by atoms with van der Waals surface area (Å²) in [7, 11) is -7.60. The van der Waals surface area contributed by atoms with Crippen molar-refractivity contribution >= 4 is 37.1 Å². The number of aromatic amines is 1. The number of sulfone groups is 1. The van der Waals surface area contributed by atoms with Gasteiger partial charge >= 0.3 is 10.1 Å². The fraction of sp³-hybridized carbons (Fsp3) is 0.125. The molecule has 9 nitrogen and oxygen atoms in total. The number of hydrogen-bond donors (Lipinski definition) is 1. The van der Waals surface area contributed by atoms with Crippen molar-refractivity contribution in [2.45, 2.75) is 5.03 Å². The molecule has 0 saturated carbocycles. The Labute approximate surface area is 159 Å². The lowest BCUT2D eigenvalue weighted by Gasteiger charge is -2.11. The van der Waals surface area contributed by atoms with Crippen molar-refractivity contribution in [3.63, 3.8) is 0 Å². The number of hydrogen-bond acceptors (Lipinski definition) is 8. The molecule has 0 amide bonds. The topological polar surface area (TPSA) is 132 Å². The van der Waals surface area contributed by atoms with Crippen LogP contribution in [0.1, 0.15) is 10.5 Å². The highest BCUT2D eigenvalue weighted by Gasteiger charge is 2.22. The number of carbonyl (C=O) groups is 1. The Hall–Kier alpha value is -2.99. The Bertz CT molecular complexity index is 1280. The standard InChI is InChI=1S/C16H13FN2O7S2/c1-27(21,22)13-4-3-11(7-18-13)25-12-6-9-5-10(8-20)19-15(9)16(14(12)17)26-28(2,23)24/h3-8,19H,1-2H3. The molecule has 2 heterocycles. The maximum absolute atomic E-state index is 14.9. The number of nitrogens with one attached hydrogen (secondary N) is 1. The summed E-state index contributed by atoms with van der Waals surface area (Å²) in [6.07, 6.45) is 3.26. The molecule has 0 bridgehead atoms. The zero-order valence-corrected chi connectivity index (χ0v) is 16.1. The minimum atomic E-state index is -4.08. The average molecular weight is 428 g/mol. The van der Waals surface area contributed by atoms with Gasteiger partial charge in [0.1, 0.15) is 5.75 Å². The monoisotopic (exact) mass is 428 g/mol. The Morgan fingerprint density at radius 3 is 2.39 bits per heavy atom. The Morgan fingerprint density at radius 1 is 1.14 bits per heavy atom. The van der Waals surface area contributed by atoms with Crippen molar-refractivity contribution in [3.8, 4) is 17.2 Å². The van der Waals surface area contributed by atoms with Gasteiger partial charge in [-0.2, -0.15) is 12.8 Å². The fourth-order valence-corrected chi connectivity index (χ4v) is 3.38. The predicted molar refractivity (Wildman–Crippen MR) is 96.5 cm³/mol. The molecule has 1 N–H and O–H groups in total. The molecule has 0 saturated heterocycles. The van der Waals surface area contributed by atoms with Crippen molar-refractivity contribution in [1.82, 2.24) is 9.97 Å². The summed E-state index contributed by atoms with van der Waals surface area (Å²) in [5.41, 5.74) is 0.0343. The van der Waals surface area contributed by atoms with Crippen LogP contribution in [0.3, 0.4) is 0 Å². The van der Waals surface area contributed by atoms with Crippen molar-refractivity contribution in [2.75, 3.05) is 12.5 Å². The lowest BCUT2D eigenvalue weighted by molar-refractivity contribution is 0.111. The number of pyridine rings is 1. The second-order valence-electron chi connectivity index (χ2n) is 5.82. The van der Waals surface area contributed by atoms with Crippen molar-refractivity contribution in [3.05, 3.63) is 42.0 Å². The van der Waals surface area contributed by atoms with Gasteiger partial charge < -0.3 is 13.9 Å². The van der Waals surface area contributed by atoms with Gasteiger partial charge in [-0.25, -0.2) is 13.4 Å². The third-order valence-corrected chi connectivity index (χ3v) is 4.95. The maximum Gasteiger partial charge on any atom is 0.306 e. The molecule has 0 aliphatic rings. The van der Waals surface area contributed by atoms with Gasteiger partial charge in [-0.05, 0) is 24.3 Å². The van der Waals surface area contributed by atoms with Gasteiger partial charge in [0.2, 0.25) is 11.6 Å². The van der Waals surface area contributed by atoms with E-state index >= 15 is 0 Å². The molecule has 3 aromatic rings. The van der Waals surface area contributed by atoms with E-state index in [1.54, 1.807) is 0 Å². The molecular formula is C16H13FN2O7S2. The summed E-state index contributed by atoms with van der Waals surface area (Å²) < 4.78 is 70.8. The third-order valence-electron chi connectivity index (χ3n) is 3.48. The highest BCUT2D eigenvalue weighted by Crippen LogP contribution is 2.38. The number of fused-ring (bicyclic) bond motifs is 1. The minimum Gasteiger partial charge on any atom is -0.452 e. The summed E-state index contributed by atoms with van der Waals surface area (Å²) in [6, 6.07) is 5.02. The lowest BCUT2D eigenvalue weighted by Crippen LogP contribution is -2.08. The molecule has 28 heavy (non-hydrogen) atoms. The van der Waals surface area contributed by atoms with E-state index in [1.807, 2.05) is 0 Å². The van der Waals surface area contributed by atoms with E-state index in [4.69, 9.17) is 8.92 Å². The smallest absolute Gasteiger partial charge is 0.306 e. The molecule has 148 valence electrons. The largest absolute Gasteiger partial charge is 0.452 e. The highest BCUT2D eigenvalue weighted by molar-refractivity contribution is 7.90. The molecule has 2 aromatic heterocycles. The first-order valence-corrected chi connectivity index (χ1v) is 11.2. The van der Waals surface area contributed by atoms with E-state index in [-0.39, 0.29) is 27.4 Å². The quantitative estimate of drug-likeness (QED) is 0.466. The number of aldehydes is 1. The molecule has 0 unspecified atom stereocenters. The van der Waals surface area contributed by atoms with Crippen LogP contribution < -0.4 is 8.92 Å². The van der Waals surface area contributed by atoms with Crippen LogP contribution in [-0.4, -0.2) is 45.6 Å². The number of carbonyl (C=O) groups excluding carboxylic acids is 1. The van der Waals surface area contributed by atoms with Crippen LogP contribution in [0.2, 0.25) is 0 Å². The van der Waals surface area contributed by atoms with E-state index in [1.165, 1.54) is 24.3 Å². The van der Waals surface area contributed by atoms with Crippen LogP contribution in [0.4, 0.5) is 4.39 Å². The number of nitrogens with zero attached hydrogens (tertiary/aromatic N) is 1. The van der Waals surface area contributed by atoms with Crippen LogP contribution in [0, 0.1) is 5.82 Å². The summed E-state index contributed by atoms with van der Waals surface area (Å²) in [6.45, 7) is 0. The van der Waals surface area contributed by atoms with Crippen LogP contribution in [0.15, 0.2) is 35.5 Å². The predicted octanol–water partition coefficient (Wildman–Crippen LogP) is 2.05. The molecule has 0 atom stereocenters. The highest BCUT2D eigenvalue weighted by atomic mass is 32.2. The van der Waals surface area contributed by atoms with Crippen LogP contribution in [0.5, 0.6) is 17.2 Å². The van der Waals surface area contributed by atoms with Gasteiger partial charge in [0, 0.05) is 11.6 Å². The van der Waals surface area contributed by atoms with Gasteiger partial charge in [0.15, 0.2) is 26.9 Å². The van der Waals surface area contributed by atoms with Gasteiger partial charge in [-0.15, -0.1) is 0 Å². The molecular weight excluding hydrogens is 415 g/mol. The van der Waals surface area contributed by atoms with Crippen LogP contribution >= 0.6 is 0 Å². The molecule has 3 rings (SSSR count). The second kappa shape index (κ2) is 6.87. The molecule has 1 aromatic carbocycles. The Morgan fingerprint density at radius 2 is 1.86 bits per heavy atom. The first-order valence-electron chi connectivity index (χ1n) is 7.52. The van der Waals surface area contributed by atoms with Gasteiger partial charge in [0.25, 0.3) is 0 Å². The maximum atomic E-state index is 14.9. The third kappa shape index (κ3) is 4.12. The molecule has 0 aliphatic heterocycles. The van der Waals surface area contributed by atoms with Gasteiger partial charge in [0.05, 0.1) is 23.7 Å². The average Bonchev–Trinajstić information content (AvgIpc) is 3.00. The van der Waals surface area contributed by atoms with E-state index in [0.29, 0.717) is 6.29 Å². The minimum absolute atomic E-state index is 0.00195. The molecule has 12 heteroatoms. The SMILES string of the molecule is CS(=O)(=O)Oc1c(F)c(Oc2ccc(S(C)(=O)=O)nc2)cc2cc(C=O)[nH]c12. The van der Waals surface area contributed by atoms with Gasteiger partial charge in [-0.1, -0.05) is 0 Å². The zero-order chi connectivity index (χ0) is 20.7. The summed E-state index contributed by atoms with van der Waals surface area (Å²) in [5, 5.41) is 0.0657. The number of benzene rings is 1. The van der Waals surface area contributed by atoms with Crippen molar-refractivity contribution in [2.24, 2.45) is 0 Å². The molecule has 0 aliphatic carbocycles. The van der Waals surface area contributed by atoms with Crippen LogP contribution in [0.25, 0.3) is 10.9 Å². The fourth-order valence-electron chi connectivity index (χ4n) is 2.36. The normalized spacial score (nSPS) is 12.1. The summed E-state index contributed by atoms with van der Waals surface area (Å²) in [4.78, 5) is 17.3. The van der Waals surface area contributed by atoms with E-state index in [2.05, 4.69) is 9.97 Å². The first kappa shape index (κ1) is 19.8. The Balaban J connectivity index is 2.10. The lowest BCUT2D eigenvalue weighted by atomic mass is 10.2. The van der Waals surface area contributed by atoms with E-state index in [0.717, 1.165) is 18.7 Å². The van der Waals surface area contributed by atoms with E-state index in [9.17, 15) is 26.0 Å². The Kier molecular flexibility index (Phi) is 4.85. The number of rotatable bonds is 6. The summed E-state index contributed by atoms with van der Waals surface area (Å²) >= 11 is 0. The first-order chi connectivity index (χ1) is 13.0. The van der Waals surface area contributed by atoms with E-state index < -0.39 is 37.3 Å².